The van der Waals surface area contributed by atoms with Crippen LogP contribution in [-0.4, -0.2) is 34.3 Å². The standard InChI is InChI=1S/C22H18F6N4O2/c1-12-3-7-15(8-4-12)32-18(22(26,27)28)16(10-30-32)20(34)31-17-9-14(6-5-13(17)2)19(33)29-11-21(23,24)25/h3-10H,11H2,1-2H3,(H,29,33)(H,31,34). The van der Waals surface area contributed by atoms with Gasteiger partial charge in [-0.1, -0.05) is 23.8 Å². The lowest BCUT2D eigenvalue weighted by Gasteiger charge is -2.14. The molecule has 0 spiro atoms. The van der Waals surface area contributed by atoms with E-state index in [1.807, 2.05) is 0 Å². The molecule has 2 aromatic carbocycles. The Morgan fingerprint density at radius 1 is 0.941 bits per heavy atom. The van der Waals surface area contributed by atoms with Crippen LogP contribution in [0.2, 0.25) is 0 Å². The molecule has 0 aliphatic rings. The quantitative estimate of drug-likeness (QED) is 0.498. The zero-order chi connectivity index (χ0) is 25.3. The monoisotopic (exact) mass is 484 g/mol. The summed E-state index contributed by atoms with van der Waals surface area (Å²) in [5, 5.41) is 7.70. The summed E-state index contributed by atoms with van der Waals surface area (Å²) in [4.78, 5) is 24.8. The minimum Gasteiger partial charge on any atom is -0.343 e. The van der Waals surface area contributed by atoms with Gasteiger partial charge in [0.15, 0.2) is 5.69 Å². The predicted molar refractivity (Wildman–Crippen MR) is 111 cm³/mol. The molecule has 3 aromatic rings. The highest BCUT2D eigenvalue weighted by atomic mass is 19.4. The molecule has 0 radical (unpaired) electrons. The fraction of sp³-hybridized carbons (Fsp3) is 0.227. The number of carbonyl (C=O) groups is 2. The van der Waals surface area contributed by atoms with Crippen LogP contribution < -0.4 is 10.6 Å². The number of anilines is 1. The van der Waals surface area contributed by atoms with Crippen LogP contribution >= 0.6 is 0 Å². The molecule has 1 heterocycles. The molecule has 6 nitrogen and oxygen atoms in total. The van der Waals surface area contributed by atoms with Crippen molar-refractivity contribution in [3.8, 4) is 5.69 Å². The molecule has 3 rings (SSSR count). The van der Waals surface area contributed by atoms with Gasteiger partial charge < -0.3 is 10.6 Å². The summed E-state index contributed by atoms with van der Waals surface area (Å²) in [7, 11) is 0. The summed E-state index contributed by atoms with van der Waals surface area (Å²) in [6, 6.07) is 9.69. The molecule has 0 fully saturated rings. The predicted octanol–water partition coefficient (Wildman–Crippen LogP) is 5.05. The van der Waals surface area contributed by atoms with Crippen molar-refractivity contribution in [2.24, 2.45) is 0 Å². The molecular weight excluding hydrogens is 466 g/mol. The van der Waals surface area contributed by atoms with E-state index >= 15 is 0 Å². The molecule has 180 valence electrons. The van der Waals surface area contributed by atoms with Gasteiger partial charge in [-0.2, -0.15) is 31.4 Å². The van der Waals surface area contributed by atoms with Crippen molar-refractivity contribution in [2.45, 2.75) is 26.2 Å². The van der Waals surface area contributed by atoms with E-state index in [0.29, 0.717) is 10.2 Å². The molecule has 1 aromatic heterocycles. The number of aromatic nitrogens is 2. The third-order valence-electron chi connectivity index (χ3n) is 4.76. The first kappa shape index (κ1) is 24.8. The van der Waals surface area contributed by atoms with E-state index in [9.17, 15) is 35.9 Å². The van der Waals surface area contributed by atoms with Gasteiger partial charge in [-0.05, 0) is 43.7 Å². The van der Waals surface area contributed by atoms with Crippen LogP contribution in [0.15, 0.2) is 48.7 Å². The Morgan fingerprint density at radius 3 is 2.18 bits per heavy atom. The first-order valence-corrected chi connectivity index (χ1v) is 9.75. The van der Waals surface area contributed by atoms with Crippen LogP contribution in [0.25, 0.3) is 5.69 Å². The molecule has 0 saturated carbocycles. The number of amides is 2. The number of hydrogen-bond donors (Lipinski definition) is 2. The van der Waals surface area contributed by atoms with Crippen molar-refractivity contribution >= 4 is 17.5 Å². The molecule has 0 unspecified atom stereocenters. The molecule has 34 heavy (non-hydrogen) atoms. The van der Waals surface area contributed by atoms with Crippen LogP contribution in [0.4, 0.5) is 32.0 Å². The van der Waals surface area contributed by atoms with Crippen molar-refractivity contribution in [3.05, 3.63) is 76.6 Å². The number of nitrogens with zero attached hydrogens (tertiary/aromatic N) is 2. The number of carbonyl (C=O) groups excluding carboxylic acids is 2. The highest BCUT2D eigenvalue weighted by Crippen LogP contribution is 2.34. The molecule has 2 amide bonds. The third-order valence-corrected chi connectivity index (χ3v) is 4.76. The van der Waals surface area contributed by atoms with Crippen molar-refractivity contribution < 1.29 is 35.9 Å². The molecule has 0 bridgehead atoms. The van der Waals surface area contributed by atoms with Gasteiger partial charge in [-0.25, -0.2) is 4.68 Å². The summed E-state index contributed by atoms with van der Waals surface area (Å²) in [6.07, 6.45) is -8.78. The minimum atomic E-state index is -4.93. The average molecular weight is 484 g/mol. The highest BCUT2D eigenvalue weighted by molar-refractivity contribution is 6.06. The number of halogens is 6. The van der Waals surface area contributed by atoms with E-state index in [1.165, 1.54) is 31.2 Å². The molecule has 2 N–H and O–H groups in total. The van der Waals surface area contributed by atoms with Crippen molar-refractivity contribution in [1.29, 1.82) is 0 Å². The normalized spacial score (nSPS) is 11.9. The lowest BCUT2D eigenvalue weighted by atomic mass is 10.1. The third kappa shape index (κ3) is 5.74. The summed E-state index contributed by atoms with van der Waals surface area (Å²) in [5.74, 6) is -2.21. The maximum absolute atomic E-state index is 13.9. The van der Waals surface area contributed by atoms with Gasteiger partial charge in [0.25, 0.3) is 11.8 Å². The Kier molecular flexibility index (Phi) is 6.71. The van der Waals surface area contributed by atoms with Crippen LogP contribution in [0.5, 0.6) is 0 Å². The van der Waals surface area contributed by atoms with E-state index in [-0.39, 0.29) is 16.9 Å². The van der Waals surface area contributed by atoms with Crippen LogP contribution in [0.1, 0.15) is 37.5 Å². The topological polar surface area (TPSA) is 76.0 Å². The van der Waals surface area contributed by atoms with E-state index in [0.717, 1.165) is 17.8 Å². The van der Waals surface area contributed by atoms with Crippen LogP contribution in [-0.2, 0) is 6.18 Å². The number of benzene rings is 2. The van der Waals surface area contributed by atoms with Crippen LogP contribution in [0, 0.1) is 13.8 Å². The second kappa shape index (κ2) is 9.20. The second-order valence-electron chi connectivity index (χ2n) is 7.43. The lowest BCUT2D eigenvalue weighted by molar-refractivity contribution is -0.143. The summed E-state index contributed by atoms with van der Waals surface area (Å²) >= 11 is 0. The maximum Gasteiger partial charge on any atom is 0.434 e. The van der Waals surface area contributed by atoms with Gasteiger partial charge in [-0.15, -0.1) is 0 Å². The van der Waals surface area contributed by atoms with E-state index in [2.05, 4.69) is 10.4 Å². The first-order chi connectivity index (χ1) is 15.8. The SMILES string of the molecule is Cc1ccc(-n2ncc(C(=O)Nc3cc(C(=O)NCC(F)(F)F)ccc3C)c2C(F)(F)F)cc1. The van der Waals surface area contributed by atoms with Gasteiger partial charge in [0.1, 0.15) is 6.54 Å². The maximum atomic E-state index is 13.9. The molecule has 0 aliphatic heterocycles. The summed E-state index contributed by atoms with van der Waals surface area (Å²) in [6.45, 7) is 1.71. The molecule has 0 saturated heterocycles. The van der Waals surface area contributed by atoms with Gasteiger partial charge in [0.2, 0.25) is 0 Å². The van der Waals surface area contributed by atoms with Crippen molar-refractivity contribution in [3.63, 3.8) is 0 Å². The number of hydrogen-bond acceptors (Lipinski definition) is 3. The molecule has 0 atom stereocenters. The summed E-state index contributed by atoms with van der Waals surface area (Å²) in [5.41, 5.74) is -1.03. The molecule has 0 aliphatic carbocycles. The number of alkyl halides is 6. The van der Waals surface area contributed by atoms with Gasteiger partial charge in [-0.3, -0.25) is 9.59 Å². The zero-order valence-electron chi connectivity index (χ0n) is 17.8. The molecule has 12 heteroatoms. The number of rotatable bonds is 5. The number of aryl methyl sites for hydroxylation is 2. The van der Waals surface area contributed by atoms with Gasteiger partial charge in [0, 0.05) is 11.3 Å². The fourth-order valence-corrected chi connectivity index (χ4v) is 3.04. The lowest BCUT2D eigenvalue weighted by Crippen LogP contribution is -2.33. The van der Waals surface area contributed by atoms with Gasteiger partial charge in [0.05, 0.1) is 17.4 Å². The minimum absolute atomic E-state index is 0.0409. The van der Waals surface area contributed by atoms with Crippen molar-refractivity contribution in [2.75, 3.05) is 11.9 Å². The summed E-state index contributed by atoms with van der Waals surface area (Å²) < 4.78 is 79.2. The van der Waals surface area contributed by atoms with E-state index in [4.69, 9.17) is 0 Å². The van der Waals surface area contributed by atoms with Gasteiger partial charge >= 0.3 is 12.4 Å². The smallest absolute Gasteiger partial charge is 0.343 e. The highest BCUT2D eigenvalue weighted by Gasteiger charge is 2.40. The molecular formula is C22H18F6N4O2. The Labute approximate surface area is 189 Å². The van der Waals surface area contributed by atoms with E-state index in [1.54, 1.807) is 24.4 Å². The Bertz CT molecular complexity index is 1210. The Morgan fingerprint density at radius 2 is 1.59 bits per heavy atom. The Balaban J connectivity index is 1.91. The Hall–Kier alpha value is -3.83. The van der Waals surface area contributed by atoms with E-state index < -0.39 is 42.0 Å². The fourth-order valence-electron chi connectivity index (χ4n) is 3.04. The largest absolute Gasteiger partial charge is 0.434 e. The first-order valence-electron chi connectivity index (χ1n) is 9.75. The average Bonchev–Trinajstić information content (AvgIpc) is 3.19. The van der Waals surface area contributed by atoms with Crippen LogP contribution in [0.3, 0.4) is 0 Å². The zero-order valence-corrected chi connectivity index (χ0v) is 17.8. The number of nitrogens with one attached hydrogen (secondary N) is 2. The van der Waals surface area contributed by atoms with Crippen molar-refractivity contribution in [1.82, 2.24) is 15.1 Å². The second-order valence-corrected chi connectivity index (χ2v) is 7.43.